The van der Waals surface area contributed by atoms with Gasteiger partial charge in [-0.05, 0) is 19.1 Å². The molecule has 0 bridgehead atoms. The van der Waals surface area contributed by atoms with Crippen molar-refractivity contribution >= 4 is 11.6 Å². The van der Waals surface area contributed by atoms with Crippen molar-refractivity contribution in [3.63, 3.8) is 0 Å². The van der Waals surface area contributed by atoms with Crippen LogP contribution in [0.1, 0.15) is 21.9 Å². The highest BCUT2D eigenvalue weighted by Gasteiger charge is 2.23. The number of carbonyl (C=O) groups is 1. The Hall–Kier alpha value is -3.98. The largest absolute Gasteiger partial charge is 0.479 e. The zero-order chi connectivity index (χ0) is 22.1. The second-order valence-electron chi connectivity index (χ2n) is 7.42. The van der Waals surface area contributed by atoms with Gasteiger partial charge < -0.3 is 24.5 Å². The summed E-state index contributed by atoms with van der Waals surface area (Å²) >= 11 is 0. The molecule has 4 heterocycles. The molecule has 4 aromatic rings. The Morgan fingerprint density at radius 1 is 1.22 bits per heavy atom. The van der Waals surface area contributed by atoms with E-state index in [1.807, 2.05) is 42.6 Å². The standard InChI is InChI=1S/C23H22N6O3/c1-14-20(21(28-32-14)15-6-4-3-5-7-15)22(30)26-17-9-8-16(27-23(17)31-2)18-12-25-19-13-24-10-11-29(18)19/h3-9,12,24H,10-11,13H2,1-2H3,(H,26,30). The fraction of sp³-hybridized carbons (Fsp3) is 0.217. The fourth-order valence-corrected chi connectivity index (χ4v) is 3.85. The number of hydrogen-bond donors (Lipinski definition) is 2. The number of carbonyl (C=O) groups excluding carboxylic acids is 1. The highest BCUT2D eigenvalue weighted by Crippen LogP contribution is 2.30. The number of rotatable bonds is 5. The lowest BCUT2D eigenvalue weighted by atomic mass is 10.1. The van der Waals surface area contributed by atoms with Crippen LogP contribution in [-0.4, -0.2) is 39.3 Å². The molecule has 0 fully saturated rings. The molecule has 9 nitrogen and oxygen atoms in total. The van der Waals surface area contributed by atoms with Gasteiger partial charge in [-0.15, -0.1) is 0 Å². The van der Waals surface area contributed by atoms with Crippen LogP contribution in [0.5, 0.6) is 5.88 Å². The van der Waals surface area contributed by atoms with Crippen LogP contribution in [0, 0.1) is 6.92 Å². The van der Waals surface area contributed by atoms with Crippen molar-refractivity contribution in [2.45, 2.75) is 20.0 Å². The summed E-state index contributed by atoms with van der Waals surface area (Å²) in [5.74, 6) is 1.38. The van der Waals surface area contributed by atoms with Crippen molar-refractivity contribution in [1.29, 1.82) is 0 Å². The molecule has 1 aliphatic rings. The SMILES string of the molecule is COc1nc(-c2cnc3n2CCNC3)ccc1NC(=O)c1c(-c2ccccc2)noc1C. The van der Waals surface area contributed by atoms with E-state index in [-0.39, 0.29) is 5.91 Å². The zero-order valence-electron chi connectivity index (χ0n) is 17.8. The predicted octanol–water partition coefficient (Wildman–Crippen LogP) is 3.27. The molecule has 162 valence electrons. The summed E-state index contributed by atoms with van der Waals surface area (Å²) < 4.78 is 12.9. The molecule has 32 heavy (non-hydrogen) atoms. The van der Waals surface area contributed by atoms with Gasteiger partial charge in [-0.2, -0.15) is 0 Å². The van der Waals surface area contributed by atoms with Gasteiger partial charge in [-0.25, -0.2) is 9.97 Å². The van der Waals surface area contributed by atoms with Gasteiger partial charge in [0.15, 0.2) is 0 Å². The third-order valence-corrected chi connectivity index (χ3v) is 5.43. The third kappa shape index (κ3) is 3.52. The highest BCUT2D eigenvalue weighted by atomic mass is 16.5. The maximum atomic E-state index is 13.1. The Morgan fingerprint density at radius 2 is 2.06 bits per heavy atom. The summed E-state index contributed by atoms with van der Waals surface area (Å²) in [7, 11) is 1.53. The van der Waals surface area contributed by atoms with Crippen LogP contribution in [0.4, 0.5) is 5.69 Å². The first-order chi connectivity index (χ1) is 15.7. The molecule has 3 aromatic heterocycles. The highest BCUT2D eigenvalue weighted by molar-refractivity contribution is 6.09. The topological polar surface area (TPSA) is 107 Å². The lowest BCUT2D eigenvalue weighted by Gasteiger charge is -2.18. The van der Waals surface area contributed by atoms with E-state index in [0.717, 1.165) is 42.4 Å². The average Bonchev–Trinajstić information content (AvgIpc) is 3.43. The van der Waals surface area contributed by atoms with Gasteiger partial charge >= 0.3 is 0 Å². The van der Waals surface area contributed by atoms with E-state index in [4.69, 9.17) is 9.26 Å². The number of anilines is 1. The van der Waals surface area contributed by atoms with Crippen LogP contribution in [-0.2, 0) is 13.1 Å². The Labute approximate surface area is 184 Å². The molecule has 5 rings (SSSR count). The first-order valence-corrected chi connectivity index (χ1v) is 10.3. The van der Waals surface area contributed by atoms with Gasteiger partial charge in [0.05, 0.1) is 31.2 Å². The molecule has 0 radical (unpaired) electrons. The van der Waals surface area contributed by atoms with Crippen molar-refractivity contribution in [1.82, 2.24) is 25.0 Å². The van der Waals surface area contributed by atoms with Crippen LogP contribution in [0.3, 0.4) is 0 Å². The van der Waals surface area contributed by atoms with Crippen LogP contribution in [0.25, 0.3) is 22.6 Å². The first-order valence-electron chi connectivity index (χ1n) is 10.3. The smallest absolute Gasteiger partial charge is 0.261 e. The van der Waals surface area contributed by atoms with E-state index >= 15 is 0 Å². The van der Waals surface area contributed by atoms with Crippen molar-refractivity contribution in [3.8, 4) is 28.5 Å². The van der Waals surface area contributed by atoms with Gasteiger partial charge in [0, 0.05) is 18.7 Å². The van der Waals surface area contributed by atoms with E-state index in [9.17, 15) is 4.79 Å². The van der Waals surface area contributed by atoms with Crippen LogP contribution < -0.4 is 15.4 Å². The second-order valence-corrected chi connectivity index (χ2v) is 7.42. The molecule has 0 saturated heterocycles. The number of imidazole rings is 1. The van der Waals surface area contributed by atoms with E-state index in [1.165, 1.54) is 7.11 Å². The molecule has 2 N–H and O–H groups in total. The molecular weight excluding hydrogens is 408 g/mol. The summed E-state index contributed by atoms with van der Waals surface area (Å²) in [5.41, 5.74) is 3.77. The Morgan fingerprint density at radius 3 is 2.88 bits per heavy atom. The average molecular weight is 430 g/mol. The number of ether oxygens (including phenoxy) is 1. The van der Waals surface area contributed by atoms with Gasteiger partial charge in [0.1, 0.15) is 28.5 Å². The molecule has 1 aliphatic heterocycles. The number of benzene rings is 1. The number of nitrogens with one attached hydrogen (secondary N) is 2. The lowest BCUT2D eigenvalue weighted by molar-refractivity contribution is 0.102. The van der Waals surface area contributed by atoms with Crippen molar-refractivity contribution in [2.24, 2.45) is 0 Å². The summed E-state index contributed by atoms with van der Waals surface area (Å²) in [6.07, 6.45) is 1.81. The molecule has 0 unspecified atom stereocenters. The maximum absolute atomic E-state index is 13.1. The fourth-order valence-electron chi connectivity index (χ4n) is 3.85. The minimum atomic E-state index is -0.344. The minimum Gasteiger partial charge on any atom is -0.479 e. The molecule has 9 heteroatoms. The van der Waals surface area contributed by atoms with E-state index in [0.29, 0.717) is 28.6 Å². The normalized spacial score (nSPS) is 12.9. The molecule has 1 aromatic carbocycles. The molecule has 0 aliphatic carbocycles. The summed E-state index contributed by atoms with van der Waals surface area (Å²) in [4.78, 5) is 22.2. The first kappa shape index (κ1) is 20.0. The summed E-state index contributed by atoms with van der Waals surface area (Å²) in [6, 6.07) is 13.1. The number of amides is 1. The van der Waals surface area contributed by atoms with Crippen molar-refractivity contribution < 1.29 is 14.1 Å². The molecule has 0 spiro atoms. The Kier molecular flexibility index (Phi) is 5.16. The quantitative estimate of drug-likeness (QED) is 0.500. The van der Waals surface area contributed by atoms with Crippen molar-refractivity contribution in [3.05, 3.63) is 65.8 Å². The predicted molar refractivity (Wildman–Crippen MR) is 118 cm³/mol. The Balaban J connectivity index is 1.45. The van der Waals surface area contributed by atoms with Gasteiger partial charge in [-0.1, -0.05) is 35.5 Å². The van der Waals surface area contributed by atoms with E-state index in [1.54, 1.807) is 13.0 Å². The summed E-state index contributed by atoms with van der Waals surface area (Å²) in [6.45, 7) is 4.14. The van der Waals surface area contributed by atoms with E-state index < -0.39 is 0 Å². The number of nitrogens with zero attached hydrogens (tertiary/aromatic N) is 4. The third-order valence-electron chi connectivity index (χ3n) is 5.43. The monoisotopic (exact) mass is 430 g/mol. The molecule has 0 atom stereocenters. The van der Waals surface area contributed by atoms with Crippen molar-refractivity contribution in [2.75, 3.05) is 19.0 Å². The maximum Gasteiger partial charge on any atom is 0.261 e. The number of pyridine rings is 1. The number of hydrogen-bond acceptors (Lipinski definition) is 7. The molecule has 1 amide bonds. The van der Waals surface area contributed by atoms with Crippen LogP contribution in [0.15, 0.2) is 53.2 Å². The number of aromatic nitrogens is 4. The number of fused-ring (bicyclic) bond motifs is 1. The van der Waals surface area contributed by atoms with E-state index in [2.05, 4.69) is 30.3 Å². The summed E-state index contributed by atoms with van der Waals surface area (Å²) in [5, 5.41) is 10.3. The van der Waals surface area contributed by atoms with Gasteiger partial charge in [0.25, 0.3) is 5.91 Å². The second kappa shape index (κ2) is 8.27. The van der Waals surface area contributed by atoms with Crippen LogP contribution >= 0.6 is 0 Å². The van der Waals surface area contributed by atoms with Gasteiger partial charge in [-0.3, -0.25) is 4.79 Å². The number of methoxy groups -OCH3 is 1. The Bertz CT molecular complexity index is 1280. The minimum absolute atomic E-state index is 0.315. The lowest BCUT2D eigenvalue weighted by Crippen LogP contribution is -2.28. The zero-order valence-corrected chi connectivity index (χ0v) is 17.8. The number of aryl methyl sites for hydroxylation is 1. The molecule has 0 saturated carbocycles. The van der Waals surface area contributed by atoms with Gasteiger partial charge in [0.2, 0.25) is 5.88 Å². The molecular formula is C23H22N6O3. The van der Waals surface area contributed by atoms with Crippen LogP contribution in [0.2, 0.25) is 0 Å².